The van der Waals surface area contributed by atoms with Gasteiger partial charge in [0.2, 0.25) is 0 Å². The van der Waals surface area contributed by atoms with Crippen molar-refractivity contribution in [2.24, 2.45) is 5.41 Å². The van der Waals surface area contributed by atoms with E-state index in [1.54, 1.807) is 0 Å². The third-order valence-corrected chi connectivity index (χ3v) is 4.19. The van der Waals surface area contributed by atoms with Gasteiger partial charge >= 0.3 is 0 Å². The van der Waals surface area contributed by atoms with Crippen molar-refractivity contribution >= 4 is 11.8 Å². The van der Waals surface area contributed by atoms with Crippen LogP contribution in [0.25, 0.3) is 0 Å². The Kier molecular flexibility index (Phi) is 2.66. The van der Waals surface area contributed by atoms with Crippen molar-refractivity contribution < 1.29 is 0 Å². The molecule has 70 valence electrons. The van der Waals surface area contributed by atoms with Crippen LogP contribution in [0.3, 0.4) is 0 Å². The van der Waals surface area contributed by atoms with Gasteiger partial charge < -0.3 is 5.32 Å². The third kappa shape index (κ3) is 2.40. The van der Waals surface area contributed by atoms with Crippen LogP contribution in [0.4, 0.5) is 0 Å². The summed E-state index contributed by atoms with van der Waals surface area (Å²) in [6, 6.07) is 0.837. The van der Waals surface area contributed by atoms with Crippen molar-refractivity contribution in [3.05, 3.63) is 0 Å². The Bertz CT molecular complexity index is 148. The minimum Gasteiger partial charge on any atom is -0.313 e. The zero-order valence-electron chi connectivity index (χ0n) is 7.94. The molecule has 1 saturated carbocycles. The summed E-state index contributed by atoms with van der Waals surface area (Å²) in [6.07, 6.45) is 5.67. The molecule has 0 aromatic carbocycles. The SMILES string of the molecule is CC1(CNC2CCSCC2)CC1. The van der Waals surface area contributed by atoms with Crippen LogP contribution in [0, 0.1) is 5.41 Å². The van der Waals surface area contributed by atoms with E-state index in [1.807, 2.05) is 0 Å². The lowest BCUT2D eigenvalue weighted by Crippen LogP contribution is -2.35. The van der Waals surface area contributed by atoms with Crippen LogP contribution in [0.15, 0.2) is 0 Å². The number of hydrogen-bond donors (Lipinski definition) is 1. The first-order valence-electron chi connectivity index (χ1n) is 5.10. The van der Waals surface area contributed by atoms with Gasteiger partial charge in [-0.05, 0) is 42.6 Å². The molecule has 0 aromatic rings. The van der Waals surface area contributed by atoms with Gasteiger partial charge in [-0.2, -0.15) is 11.8 Å². The second-order valence-corrected chi connectivity index (χ2v) is 5.80. The quantitative estimate of drug-likeness (QED) is 0.724. The first kappa shape index (κ1) is 8.89. The molecule has 0 unspecified atom stereocenters. The van der Waals surface area contributed by atoms with Crippen molar-refractivity contribution in [2.75, 3.05) is 18.1 Å². The zero-order chi connectivity index (χ0) is 8.44. The molecule has 0 spiro atoms. The Morgan fingerprint density at radius 3 is 2.58 bits per heavy atom. The Balaban J connectivity index is 1.65. The van der Waals surface area contributed by atoms with Gasteiger partial charge in [0.25, 0.3) is 0 Å². The lowest BCUT2D eigenvalue weighted by molar-refractivity contribution is 0.416. The van der Waals surface area contributed by atoms with E-state index in [9.17, 15) is 0 Å². The summed E-state index contributed by atoms with van der Waals surface area (Å²) >= 11 is 2.11. The summed E-state index contributed by atoms with van der Waals surface area (Å²) in [4.78, 5) is 0. The van der Waals surface area contributed by atoms with E-state index in [-0.39, 0.29) is 0 Å². The number of nitrogens with one attached hydrogen (secondary N) is 1. The van der Waals surface area contributed by atoms with Gasteiger partial charge in [-0.25, -0.2) is 0 Å². The minimum atomic E-state index is 0.685. The topological polar surface area (TPSA) is 12.0 Å². The Morgan fingerprint density at radius 1 is 1.33 bits per heavy atom. The highest BCUT2D eigenvalue weighted by Crippen LogP contribution is 2.44. The molecular formula is C10H19NS. The first-order chi connectivity index (χ1) is 5.79. The van der Waals surface area contributed by atoms with Crippen LogP contribution >= 0.6 is 11.8 Å². The van der Waals surface area contributed by atoms with Gasteiger partial charge in [0.05, 0.1) is 0 Å². The number of thioether (sulfide) groups is 1. The summed E-state index contributed by atoms with van der Waals surface area (Å²) in [6.45, 7) is 3.67. The molecule has 0 atom stereocenters. The van der Waals surface area contributed by atoms with Crippen molar-refractivity contribution in [3.63, 3.8) is 0 Å². The summed E-state index contributed by atoms with van der Waals surface area (Å²) in [5.41, 5.74) is 0.685. The summed E-state index contributed by atoms with van der Waals surface area (Å²) in [5, 5.41) is 3.71. The molecule has 0 radical (unpaired) electrons. The highest BCUT2D eigenvalue weighted by atomic mass is 32.2. The fraction of sp³-hybridized carbons (Fsp3) is 1.00. The van der Waals surface area contributed by atoms with Crippen LogP contribution < -0.4 is 5.32 Å². The van der Waals surface area contributed by atoms with E-state index in [4.69, 9.17) is 0 Å². The van der Waals surface area contributed by atoms with Gasteiger partial charge in [-0.15, -0.1) is 0 Å². The Labute approximate surface area is 79.7 Å². The standard InChI is InChI=1S/C10H19NS/c1-10(4-5-10)8-11-9-2-6-12-7-3-9/h9,11H,2-8H2,1H3. The van der Waals surface area contributed by atoms with Gasteiger partial charge in [0.15, 0.2) is 0 Å². The molecule has 1 N–H and O–H groups in total. The molecule has 1 nitrogen and oxygen atoms in total. The number of rotatable bonds is 3. The number of hydrogen-bond acceptors (Lipinski definition) is 2. The van der Waals surface area contributed by atoms with E-state index < -0.39 is 0 Å². The molecule has 1 aliphatic carbocycles. The average molecular weight is 185 g/mol. The third-order valence-electron chi connectivity index (χ3n) is 3.14. The second kappa shape index (κ2) is 3.59. The van der Waals surface area contributed by atoms with Gasteiger partial charge in [-0.3, -0.25) is 0 Å². The smallest absolute Gasteiger partial charge is 0.00830 e. The van der Waals surface area contributed by atoms with E-state index >= 15 is 0 Å². The van der Waals surface area contributed by atoms with E-state index in [2.05, 4.69) is 24.0 Å². The van der Waals surface area contributed by atoms with E-state index in [1.165, 1.54) is 43.7 Å². The van der Waals surface area contributed by atoms with Crippen LogP contribution in [-0.4, -0.2) is 24.1 Å². The summed E-state index contributed by atoms with van der Waals surface area (Å²) in [5.74, 6) is 2.74. The van der Waals surface area contributed by atoms with Gasteiger partial charge in [-0.1, -0.05) is 6.92 Å². The molecule has 1 saturated heterocycles. The van der Waals surface area contributed by atoms with Gasteiger partial charge in [0, 0.05) is 12.6 Å². The first-order valence-corrected chi connectivity index (χ1v) is 6.25. The lowest BCUT2D eigenvalue weighted by Gasteiger charge is -2.24. The molecule has 2 heteroatoms. The van der Waals surface area contributed by atoms with Crippen molar-refractivity contribution in [2.45, 2.75) is 38.6 Å². The van der Waals surface area contributed by atoms with E-state index in [0.29, 0.717) is 5.41 Å². The van der Waals surface area contributed by atoms with E-state index in [0.717, 1.165) is 6.04 Å². The highest BCUT2D eigenvalue weighted by molar-refractivity contribution is 7.99. The van der Waals surface area contributed by atoms with Crippen LogP contribution in [-0.2, 0) is 0 Å². The second-order valence-electron chi connectivity index (χ2n) is 4.58. The predicted molar refractivity (Wildman–Crippen MR) is 55.7 cm³/mol. The molecule has 1 aliphatic heterocycles. The molecular weight excluding hydrogens is 166 g/mol. The van der Waals surface area contributed by atoms with Crippen molar-refractivity contribution in [1.82, 2.24) is 5.32 Å². The van der Waals surface area contributed by atoms with Gasteiger partial charge in [0.1, 0.15) is 0 Å². The molecule has 0 aromatic heterocycles. The molecule has 0 amide bonds. The maximum absolute atomic E-state index is 3.71. The van der Waals surface area contributed by atoms with Crippen molar-refractivity contribution in [1.29, 1.82) is 0 Å². The molecule has 2 fully saturated rings. The van der Waals surface area contributed by atoms with Crippen LogP contribution in [0.1, 0.15) is 32.6 Å². The maximum Gasteiger partial charge on any atom is 0.00830 e. The maximum atomic E-state index is 3.71. The minimum absolute atomic E-state index is 0.685. The Hall–Kier alpha value is 0.310. The Morgan fingerprint density at radius 2 is 2.00 bits per heavy atom. The predicted octanol–water partition coefficient (Wildman–Crippen LogP) is 2.27. The monoisotopic (exact) mass is 185 g/mol. The molecule has 1 heterocycles. The largest absolute Gasteiger partial charge is 0.313 e. The average Bonchev–Trinajstić information content (AvgIpc) is 2.84. The lowest BCUT2D eigenvalue weighted by atomic mass is 10.1. The fourth-order valence-corrected chi connectivity index (χ4v) is 2.79. The zero-order valence-corrected chi connectivity index (χ0v) is 8.75. The molecule has 2 rings (SSSR count). The molecule has 2 aliphatic rings. The molecule has 12 heavy (non-hydrogen) atoms. The fourth-order valence-electron chi connectivity index (χ4n) is 1.68. The normalized spacial score (nSPS) is 28.8. The highest BCUT2D eigenvalue weighted by Gasteiger charge is 2.37. The molecule has 0 bridgehead atoms. The summed E-state index contributed by atoms with van der Waals surface area (Å²) in [7, 11) is 0. The summed E-state index contributed by atoms with van der Waals surface area (Å²) < 4.78 is 0. The van der Waals surface area contributed by atoms with Crippen LogP contribution in [0.2, 0.25) is 0 Å². The van der Waals surface area contributed by atoms with Crippen molar-refractivity contribution in [3.8, 4) is 0 Å². The van der Waals surface area contributed by atoms with Crippen LogP contribution in [0.5, 0.6) is 0 Å².